The van der Waals surface area contributed by atoms with Crippen LogP contribution in [0.3, 0.4) is 0 Å². The van der Waals surface area contributed by atoms with Crippen LogP contribution in [0.4, 0.5) is 0 Å². The molecule has 0 radical (unpaired) electrons. The summed E-state index contributed by atoms with van der Waals surface area (Å²) >= 11 is 0. The number of piperidine rings is 1. The molecule has 4 nitrogen and oxygen atoms in total. The van der Waals surface area contributed by atoms with E-state index in [0.717, 1.165) is 43.8 Å². The summed E-state index contributed by atoms with van der Waals surface area (Å²) in [6.45, 7) is 7.43. The fourth-order valence-electron chi connectivity index (χ4n) is 3.53. The summed E-state index contributed by atoms with van der Waals surface area (Å²) < 4.78 is 5.85. The van der Waals surface area contributed by atoms with Crippen LogP contribution < -0.4 is 10.1 Å². The number of carbonyl (C=O) groups is 1. The summed E-state index contributed by atoms with van der Waals surface area (Å²) in [5.74, 6) is 1.15. The van der Waals surface area contributed by atoms with Gasteiger partial charge in [-0.2, -0.15) is 0 Å². The normalized spacial score (nSPS) is 16.7. The van der Waals surface area contributed by atoms with Crippen LogP contribution in [-0.2, 0) is 11.3 Å². The summed E-state index contributed by atoms with van der Waals surface area (Å²) in [5, 5.41) is 3.12. The number of likely N-dealkylation sites (tertiary alicyclic amines) is 1. The zero-order valence-electron chi connectivity index (χ0n) is 16.4. The first-order valence-corrected chi connectivity index (χ1v) is 9.87. The summed E-state index contributed by atoms with van der Waals surface area (Å²) in [6, 6.07) is 18.5. The number of nitrogens with zero attached hydrogens (tertiary/aromatic N) is 1. The van der Waals surface area contributed by atoms with Crippen LogP contribution in [0.2, 0.25) is 0 Å². The third-order valence-electron chi connectivity index (χ3n) is 5.18. The molecule has 2 aromatic carbocycles. The smallest absolute Gasteiger partial charge is 0.223 e. The SMILES string of the molecule is Cc1ccccc1OC[C@H](C)NC(=O)C1CCN(Cc2ccccc2)CC1. The highest BCUT2D eigenvalue weighted by atomic mass is 16.5. The van der Waals surface area contributed by atoms with Crippen LogP contribution in [-0.4, -0.2) is 36.5 Å². The quantitative estimate of drug-likeness (QED) is 0.811. The van der Waals surface area contributed by atoms with Crippen molar-refractivity contribution in [2.45, 2.75) is 39.3 Å². The van der Waals surface area contributed by atoms with Crippen LogP contribution in [0.25, 0.3) is 0 Å². The van der Waals surface area contributed by atoms with E-state index in [1.54, 1.807) is 0 Å². The monoisotopic (exact) mass is 366 g/mol. The van der Waals surface area contributed by atoms with Crippen LogP contribution in [0.5, 0.6) is 5.75 Å². The predicted molar refractivity (Wildman–Crippen MR) is 109 cm³/mol. The van der Waals surface area contributed by atoms with Crippen molar-refractivity contribution in [1.29, 1.82) is 0 Å². The topological polar surface area (TPSA) is 41.6 Å². The molecule has 0 unspecified atom stereocenters. The van der Waals surface area contributed by atoms with Gasteiger partial charge in [0.05, 0.1) is 6.04 Å². The van der Waals surface area contributed by atoms with Crippen LogP contribution in [0.15, 0.2) is 54.6 Å². The Labute approximate surface area is 162 Å². The minimum Gasteiger partial charge on any atom is -0.491 e. The van der Waals surface area contributed by atoms with Crippen molar-refractivity contribution in [3.63, 3.8) is 0 Å². The number of rotatable bonds is 7. The molecule has 1 N–H and O–H groups in total. The van der Waals surface area contributed by atoms with E-state index in [0.29, 0.717) is 6.61 Å². The standard InChI is InChI=1S/C23H30N2O2/c1-18-8-6-7-11-22(18)27-17-19(2)24-23(26)21-12-14-25(15-13-21)16-20-9-4-3-5-10-20/h3-11,19,21H,12-17H2,1-2H3,(H,24,26)/t19-/m0/s1. The molecule has 1 aliphatic rings. The molecule has 0 spiro atoms. The van der Waals surface area contributed by atoms with Gasteiger partial charge in [-0.1, -0.05) is 48.5 Å². The van der Waals surface area contributed by atoms with Crippen molar-refractivity contribution in [2.75, 3.05) is 19.7 Å². The maximum atomic E-state index is 12.6. The lowest BCUT2D eigenvalue weighted by molar-refractivity contribution is -0.127. The largest absolute Gasteiger partial charge is 0.491 e. The Kier molecular flexibility index (Phi) is 6.88. The van der Waals surface area contributed by atoms with Crippen molar-refractivity contribution >= 4 is 5.91 Å². The van der Waals surface area contributed by atoms with E-state index in [1.807, 2.05) is 44.2 Å². The van der Waals surface area contributed by atoms with Gasteiger partial charge in [-0.3, -0.25) is 9.69 Å². The van der Waals surface area contributed by atoms with E-state index in [9.17, 15) is 4.79 Å². The molecule has 1 amide bonds. The molecule has 27 heavy (non-hydrogen) atoms. The van der Waals surface area contributed by atoms with Gasteiger partial charge < -0.3 is 10.1 Å². The van der Waals surface area contributed by atoms with E-state index >= 15 is 0 Å². The fraction of sp³-hybridized carbons (Fsp3) is 0.435. The van der Waals surface area contributed by atoms with Gasteiger partial charge in [0.2, 0.25) is 5.91 Å². The van der Waals surface area contributed by atoms with E-state index in [2.05, 4.69) is 34.5 Å². The second-order valence-electron chi connectivity index (χ2n) is 7.52. The molecule has 1 saturated heterocycles. The molecule has 0 saturated carbocycles. The number of para-hydroxylation sites is 1. The Morgan fingerprint density at radius 1 is 1.11 bits per heavy atom. The molecule has 1 fully saturated rings. The van der Waals surface area contributed by atoms with Gasteiger partial charge in [0.1, 0.15) is 12.4 Å². The van der Waals surface area contributed by atoms with Gasteiger partial charge in [0, 0.05) is 12.5 Å². The van der Waals surface area contributed by atoms with Gasteiger partial charge in [0.15, 0.2) is 0 Å². The Morgan fingerprint density at radius 3 is 2.48 bits per heavy atom. The number of ether oxygens (including phenoxy) is 1. The van der Waals surface area contributed by atoms with Crippen molar-refractivity contribution in [3.8, 4) is 5.75 Å². The van der Waals surface area contributed by atoms with Gasteiger partial charge in [-0.05, 0) is 57.0 Å². The number of hydrogen-bond acceptors (Lipinski definition) is 3. The first-order chi connectivity index (χ1) is 13.1. The molecule has 3 rings (SSSR count). The zero-order chi connectivity index (χ0) is 19.1. The molecule has 2 aromatic rings. The third kappa shape index (κ3) is 5.83. The van der Waals surface area contributed by atoms with E-state index in [-0.39, 0.29) is 17.9 Å². The maximum Gasteiger partial charge on any atom is 0.223 e. The van der Waals surface area contributed by atoms with E-state index in [1.165, 1.54) is 5.56 Å². The highest BCUT2D eigenvalue weighted by Crippen LogP contribution is 2.20. The average molecular weight is 367 g/mol. The second kappa shape index (κ2) is 9.56. The lowest BCUT2D eigenvalue weighted by atomic mass is 9.95. The van der Waals surface area contributed by atoms with Gasteiger partial charge in [-0.25, -0.2) is 0 Å². The lowest BCUT2D eigenvalue weighted by Gasteiger charge is -2.31. The van der Waals surface area contributed by atoms with Gasteiger partial charge >= 0.3 is 0 Å². The molecular formula is C23H30N2O2. The molecule has 0 aliphatic carbocycles. The van der Waals surface area contributed by atoms with E-state index in [4.69, 9.17) is 4.74 Å². The molecule has 1 atom stereocenters. The summed E-state index contributed by atoms with van der Waals surface area (Å²) in [4.78, 5) is 15.0. The molecule has 1 heterocycles. The number of carbonyl (C=O) groups excluding carboxylic acids is 1. The van der Waals surface area contributed by atoms with E-state index < -0.39 is 0 Å². The van der Waals surface area contributed by atoms with Crippen molar-refractivity contribution in [2.24, 2.45) is 5.92 Å². The fourth-order valence-corrected chi connectivity index (χ4v) is 3.53. The van der Waals surface area contributed by atoms with Crippen molar-refractivity contribution in [1.82, 2.24) is 10.2 Å². The number of amides is 1. The second-order valence-corrected chi connectivity index (χ2v) is 7.52. The van der Waals surface area contributed by atoms with Crippen LogP contribution in [0.1, 0.15) is 30.9 Å². The Hall–Kier alpha value is -2.33. The lowest BCUT2D eigenvalue weighted by Crippen LogP contribution is -2.44. The van der Waals surface area contributed by atoms with Crippen LogP contribution >= 0.6 is 0 Å². The Bertz CT molecular complexity index is 724. The van der Waals surface area contributed by atoms with Crippen molar-refractivity contribution in [3.05, 3.63) is 65.7 Å². The van der Waals surface area contributed by atoms with Crippen LogP contribution in [0, 0.1) is 12.8 Å². The molecule has 4 heteroatoms. The number of hydrogen-bond donors (Lipinski definition) is 1. The maximum absolute atomic E-state index is 12.6. The predicted octanol–water partition coefficient (Wildman–Crippen LogP) is 3.79. The highest BCUT2D eigenvalue weighted by Gasteiger charge is 2.25. The minimum atomic E-state index is -0.000505. The van der Waals surface area contributed by atoms with Gasteiger partial charge in [0.25, 0.3) is 0 Å². The minimum absolute atomic E-state index is 0.000505. The Balaban J connectivity index is 1.39. The highest BCUT2D eigenvalue weighted by molar-refractivity contribution is 5.79. The number of nitrogens with one attached hydrogen (secondary N) is 1. The first-order valence-electron chi connectivity index (χ1n) is 9.87. The van der Waals surface area contributed by atoms with Gasteiger partial charge in [-0.15, -0.1) is 0 Å². The number of aryl methyl sites for hydroxylation is 1. The van der Waals surface area contributed by atoms with Crippen molar-refractivity contribution < 1.29 is 9.53 Å². The summed E-state index contributed by atoms with van der Waals surface area (Å²) in [5.41, 5.74) is 2.45. The molecule has 144 valence electrons. The molecule has 0 bridgehead atoms. The molecule has 1 aliphatic heterocycles. The average Bonchev–Trinajstić information content (AvgIpc) is 2.69. The summed E-state index contributed by atoms with van der Waals surface area (Å²) in [7, 11) is 0. The number of benzene rings is 2. The molecule has 0 aromatic heterocycles. The zero-order valence-corrected chi connectivity index (χ0v) is 16.4. The Morgan fingerprint density at radius 2 is 1.78 bits per heavy atom. The summed E-state index contributed by atoms with van der Waals surface area (Å²) in [6.07, 6.45) is 1.84. The first kappa shape index (κ1) is 19.4. The third-order valence-corrected chi connectivity index (χ3v) is 5.18. The molecular weight excluding hydrogens is 336 g/mol.